The van der Waals surface area contributed by atoms with Crippen molar-refractivity contribution in [3.8, 4) is 0 Å². The van der Waals surface area contributed by atoms with Gasteiger partial charge >= 0.3 is 0 Å². The van der Waals surface area contributed by atoms with Gasteiger partial charge in [-0.25, -0.2) is 0 Å². The van der Waals surface area contributed by atoms with Crippen LogP contribution in [-0.4, -0.2) is 55.6 Å². The Kier molecular flexibility index (Phi) is 5.82. The van der Waals surface area contributed by atoms with Crippen LogP contribution in [0.1, 0.15) is 36.0 Å². The summed E-state index contributed by atoms with van der Waals surface area (Å²) in [6.07, 6.45) is 4.56. The molecule has 1 unspecified atom stereocenters. The van der Waals surface area contributed by atoms with Crippen LogP contribution in [0, 0.1) is 0 Å². The van der Waals surface area contributed by atoms with E-state index in [-0.39, 0.29) is 17.9 Å². The smallest absolute Gasteiger partial charge is 0.253 e. The van der Waals surface area contributed by atoms with Gasteiger partial charge in [-0.05, 0) is 37.1 Å². The van der Waals surface area contributed by atoms with Crippen molar-refractivity contribution in [2.75, 3.05) is 38.2 Å². The Balaban J connectivity index is 1.58. The summed E-state index contributed by atoms with van der Waals surface area (Å²) >= 11 is 0. The number of benzene rings is 1. The fourth-order valence-electron chi connectivity index (χ4n) is 3.12. The summed E-state index contributed by atoms with van der Waals surface area (Å²) in [7, 11) is 0. The number of likely N-dealkylation sites (tertiary alicyclic amines) is 1. The van der Waals surface area contributed by atoms with Gasteiger partial charge in [0.2, 0.25) is 5.91 Å². The lowest BCUT2D eigenvalue weighted by Crippen LogP contribution is -2.48. The van der Waals surface area contributed by atoms with Crippen molar-refractivity contribution in [1.29, 1.82) is 0 Å². The van der Waals surface area contributed by atoms with E-state index >= 15 is 0 Å². The van der Waals surface area contributed by atoms with E-state index in [0.717, 1.165) is 25.9 Å². The van der Waals surface area contributed by atoms with E-state index in [4.69, 9.17) is 4.74 Å². The maximum absolute atomic E-state index is 12.5. The number of nitrogens with zero attached hydrogens (tertiary/aromatic N) is 1. The molecule has 2 aliphatic rings. The topological polar surface area (TPSA) is 70.7 Å². The van der Waals surface area contributed by atoms with Gasteiger partial charge in [-0.15, -0.1) is 0 Å². The standard InChI is InChI=1S/C18H25N3O3/c22-17(16-13-24-12-9-19-16)20-15-7-5-14(6-8-15)18(23)21-10-3-1-2-4-11-21/h5-8,16,19H,1-4,9-13H2,(H,20,22). The van der Waals surface area contributed by atoms with Crippen molar-refractivity contribution in [3.63, 3.8) is 0 Å². The van der Waals surface area contributed by atoms with Crippen LogP contribution >= 0.6 is 0 Å². The normalized spacial score (nSPS) is 21.8. The van der Waals surface area contributed by atoms with E-state index in [1.165, 1.54) is 12.8 Å². The molecule has 0 spiro atoms. The second kappa shape index (κ2) is 8.26. The minimum absolute atomic E-state index is 0.0807. The van der Waals surface area contributed by atoms with Gasteiger partial charge in [-0.1, -0.05) is 12.8 Å². The van der Waals surface area contributed by atoms with Crippen molar-refractivity contribution in [2.24, 2.45) is 0 Å². The fourth-order valence-corrected chi connectivity index (χ4v) is 3.12. The molecule has 2 amide bonds. The second-order valence-electron chi connectivity index (χ2n) is 6.35. The molecule has 1 aromatic carbocycles. The Labute approximate surface area is 142 Å². The highest BCUT2D eigenvalue weighted by atomic mass is 16.5. The molecule has 2 saturated heterocycles. The van der Waals surface area contributed by atoms with Crippen molar-refractivity contribution in [2.45, 2.75) is 31.7 Å². The van der Waals surface area contributed by atoms with E-state index in [2.05, 4.69) is 10.6 Å². The number of morpholine rings is 1. The molecule has 0 aliphatic carbocycles. The van der Waals surface area contributed by atoms with Gasteiger partial charge in [-0.3, -0.25) is 9.59 Å². The van der Waals surface area contributed by atoms with E-state index in [1.807, 2.05) is 4.90 Å². The molecule has 0 saturated carbocycles. The average Bonchev–Trinajstić information content (AvgIpc) is 2.92. The molecule has 24 heavy (non-hydrogen) atoms. The first-order valence-corrected chi connectivity index (χ1v) is 8.75. The number of rotatable bonds is 3. The van der Waals surface area contributed by atoms with Crippen molar-refractivity contribution >= 4 is 17.5 Å². The van der Waals surface area contributed by atoms with Gasteiger partial charge < -0.3 is 20.3 Å². The number of hydrogen-bond donors (Lipinski definition) is 2. The molecule has 1 aromatic rings. The SMILES string of the molecule is O=C(Nc1ccc(C(=O)N2CCCCCC2)cc1)C1COCCN1. The minimum Gasteiger partial charge on any atom is -0.378 e. The molecule has 0 aromatic heterocycles. The highest BCUT2D eigenvalue weighted by Gasteiger charge is 2.21. The van der Waals surface area contributed by atoms with Crippen LogP contribution < -0.4 is 10.6 Å². The summed E-state index contributed by atoms with van der Waals surface area (Å²) in [5.74, 6) is -0.0292. The molecular weight excluding hydrogens is 306 g/mol. The Morgan fingerprint density at radius 3 is 2.42 bits per heavy atom. The third kappa shape index (κ3) is 4.33. The van der Waals surface area contributed by atoms with Crippen molar-refractivity contribution in [1.82, 2.24) is 10.2 Å². The van der Waals surface area contributed by atoms with Gasteiger partial charge in [-0.2, -0.15) is 0 Å². The summed E-state index contributed by atoms with van der Waals surface area (Å²) in [5.41, 5.74) is 1.37. The van der Waals surface area contributed by atoms with Gasteiger partial charge in [0.25, 0.3) is 5.91 Å². The lowest BCUT2D eigenvalue weighted by Gasteiger charge is -2.23. The molecule has 0 bridgehead atoms. The summed E-state index contributed by atoms with van der Waals surface area (Å²) in [5, 5.41) is 5.98. The first-order valence-electron chi connectivity index (χ1n) is 8.75. The molecule has 3 rings (SSSR count). The zero-order valence-electron chi connectivity index (χ0n) is 13.9. The summed E-state index contributed by atoms with van der Waals surface area (Å²) in [4.78, 5) is 26.6. The largest absolute Gasteiger partial charge is 0.378 e. The molecule has 2 heterocycles. The Bertz CT molecular complexity index is 559. The van der Waals surface area contributed by atoms with Crippen molar-refractivity contribution < 1.29 is 14.3 Å². The number of hydrogen-bond acceptors (Lipinski definition) is 4. The van der Waals surface area contributed by atoms with E-state index in [9.17, 15) is 9.59 Å². The van der Waals surface area contributed by atoms with Gasteiger partial charge in [0.1, 0.15) is 6.04 Å². The molecule has 0 radical (unpaired) electrons. The lowest BCUT2D eigenvalue weighted by atomic mass is 10.1. The van der Waals surface area contributed by atoms with Gasteiger partial charge in [0, 0.05) is 30.9 Å². The summed E-state index contributed by atoms with van der Waals surface area (Å²) in [6.45, 7) is 3.38. The number of carbonyl (C=O) groups excluding carboxylic acids is 2. The predicted molar refractivity (Wildman–Crippen MR) is 92.1 cm³/mol. The highest BCUT2D eigenvalue weighted by molar-refractivity contribution is 5.97. The van der Waals surface area contributed by atoms with E-state index in [1.54, 1.807) is 24.3 Å². The molecular formula is C18H25N3O3. The van der Waals surface area contributed by atoms with Crippen LogP contribution in [0.5, 0.6) is 0 Å². The van der Waals surface area contributed by atoms with Crippen LogP contribution in [0.4, 0.5) is 5.69 Å². The quantitative estimate of drug-likeness (QED) is 0.883. The highest BCUT2D eigenvalue weighted by Crippen LogP contribution is 2.16. The second-order valence-corrected chi connectivity index (χ2v) is 6.35. The third-order valence-electron chi connectivity index (χ3n) is 4.53. The zero-order valence-corrected chi connectivity index (χ0v) is 13.9. The number of ether oxygens (including phenoxy) is 1. The van der Waals surface area contributed by atoms with E-state index < -0.39 is 0 Å². The number of amides is 2. The maximum Gasteiger partial charge on any atom is 0.253 e. The summed E-state index contributed by atoms with van der Waals surface area (Å²) < 4.78 is 5.30. The Morgan fingerprint density at radius 1 is 1.08 bits per heavy atom. The molecule has 2 aliphatic heterocycles. The van der Waals surface area contributed by atoms with E-state index in [0.29, 0.717) is 31.0 Å². The summed E-state index contributed by atoms with van der Waals surface area (Å²) in [6, 6.07) is 6.82. The lowest BCUT2D eigenvalue weighted by molar-refractivity contribution is -0.120. The minimum atomic E-state index is -0.322. The predicted octanol–water partition coefficient (Wildman–Crippen LogP) is 1.63. The first-order chi connectivity index (χ1) is 11.7. The van der Waals surface area contributed by atoms with Gasteiger partial charge in [0.05, 0.1) is 13.2 Å². The molecule has 1 atom stereocenters. The number of carbonyl (C=O) groups is 2. The van der Waals surface area contributed by atoms with Crippen LogP contribution in [0.2, 0.25) is 0 Å². The Hall–Kier alpha value is -1.92. The molecule has 130 valence electrons. The fraction of sp³-hybridized carbons (Fsp3) is 0.556. The monoisotopic (exact) mass is 331 g/mol. The Morgan fingerprint density at radius 2 is 1.79 bits per heavy atom. The van der Waals surface area contributed by atoms with Crippen molar-refractivity contribution in [3.05, 3.63) is 29.8 Å². The third-order valence-corrected chi connectivity index (χ3v) is 4.53. The van der Waals surface area contributed by atoms with Crippen LogP contribution in [-0.2, 0) is 9.53 Å². The molecule has 2 N–H and O–H groups in total. The average molecular weight is 331 g/mol. The van der Waals surface area contributed by atoms with Crippen LogP contribution in [0.15, 0.2) is 24.3 Å². The van der Waals surface area contributed by atoms with Crippen LogP contribution in [0.3, 0.4) is 0 Å². The number of nitrogens with one attached hydrogen (secondary N) is 2. The van der Waals surface area contributed by atoms with Crippen LogP contribution in [0.25, 0.3) is 0 Å². The zero-order chi connectivity index (χ0) is 16.8. The molecule has 6 heteroatoms. The molecule has 6 nitrogen and oxygen atoms in total. The molecule has 2 fully saturated rings. The van der Waals surface area contributed by atoms with Gasteiger partial charge in [0.15, 0.2) is 0 Å². The maximum atomic E-state index is 12.5. The first kappa shape index (κ1) is 16.9. The number of anilines is 1.